The number of amides is 9. The minimum absolute atomic E-state index is 0.0219. The van der Waals surface area contributed by atoms with Crippen LogP contribution in [0.3, 0.4) is 0 Å². The smallest absolute Gasteiger partial charge is 0.326 e. The van der Waals surface area contributed by atoms with Crippen LogP contribution in [0.1, 0.15) is 78.7 Å². The van der Waals surface area contributed by atoms with Crippen molar-refractivity contribution in [3.05, 3.63) is 117 Å². The van der Waals surface area contributed by atoms with Gasteiger partial charge in [0.1, 0.15) is 48.3 Å². The van der Waals surface area contributed by atoms with Crippen molar-refractivity contribution in [3.63, 3.8) is 0 Å². The summed E-state index contributed by atoms with van der Waals surface area (Å²) in [4.78, 5) is 162. The Morgan fingerprint density at radius 1 is 0.577 bits per heavy atom. The number of guanidine groups is 3. The van der Waals surface area contributed by atoms with Gasteiger partial charge in [0.25, 0.3) is 0 Å². The summed E-state index contributed by atoms with van der Waals surface area (Å²) in [6, 6.07) is 13.8. The van der Waals surface area contributed by atoms with Crippen LogP contribution in [0.5, 0.6) is 0 Å². The molecule has 33 heteroatoms. The molecule has 0 aliphatic carbocycles. The van der Waals surface area contributed by atoms with Crippen molar-refractivity contribution in [1.29, 1.82) is 0 Å². The van der Waals surface area contributed by atoms with Gasteiger partial charge in [-0.1, -0.05) is 72.8 Å². The van der Waals surface area contributed by atoms with Gasteiger partial charge in [-0.3, -0.25) is 58.1 Å². The maximum Gasteiger partial charge on any atom is 0.326 e. The van der Waals surface area contributed by atoms with Crippen LogP contribution in [0.15, 0.2) is 111 Å². The average Bonchev–Trinajstić information content (AvgIpc) is 1.43. The highest BCUT2D eigenvalue weighted by Gasteiger charge is 2.47. The van der Waals surface area contributed by atoms with Crippen LogP contribution in [-0.4, -0.2) is 220 Å². The van der Waals surface area contributed by atoms with Crippen LogP contribution >= 0.6 is 22.7 Å². The van der Waals surface area contributed by atoms with Crippen LogP contribution < -0.4 is 66.7 Å². The van der Waals surface area contributed by atoms with Gasteiger partial charge < -0.3 is 96.5 Å². The molecule has 3 aliphatic rings. The monoisotopic (exact) mass is 1380 g/mol. The van der Waals surface area contributed by atoms with E-state index < -0.39 is 126 Å². The Balaban J connectivity index is 1.07. The number of rotatable bonds is 35. The molecule has 2 aromatic carbocycles. The van der Waals surface area contributed by atoms with Crippen molar-refractivity contribution >= 4 is 99.7 Å². The third-order valence-corrected chi connectivity index (χ3v) is 18.6. The van der Waals surface area contributed by atoms with Gasteiger partial charge in [0.2, 0.25) is 53.2 Å². The van der Waals surface area contributed by atoms with Gasteiger partial charge >= 0.3 is 5.97 Å². The van der Waals surface area contributed by atoms with Gasteiger partial charge in [-0.2, -0.15) is 0 Å². The molecule has 5 heterocycles. The number of nitrogens with zero attached hydrogens (tertiary/aromatic N) is 7. The normalized spacial score (nSPS) is 18.6. The Bertz CT molecular complexity index is 3410. The van der Waals surface area contributed by atoms with Gasteiger partial charge in [0.05, 0.1) is 18.7 Å². The maximum absolute atomic E-state index is 15.5. The number of aliphatic hydroxyl groups is 1. The number of nitrogens with two attached hydrogens (primary N) is 7. The fourth-order valence-corrected chi connectivity index (χ4v) is 13.5. The Kier molecular flexibility index (Phi) is 28.5. The van der Waals surface area contributed by atoms with Gasteiger partial charge in [0.15, 0.2) is 17.9 Å². The first-order valence-corrected chi connectivity index (χ1v) is 33.9. The van der Waals surface area contributed by atoms with Crippen LogP contribution in [0.4, 0.5) is 0 Å². The Morgan fingerprint density at radius 2 is 1.12 bits per heavy atom. The van der Waals surface area contributed by atoms with E-state index in [0.29, 0.717) is 33.7 Å². The molecule has 524 valence electrons. The van der Waals surface area contributed by atoms with Crippen molar-refractivity contribution in [2.45, 2.75) is 144 Å². The molecule has 97 heavy (non-hydrogen) atoms. The zero-order valence-corrected chi connectivity index (χ0v) is 55.5. The third-order valence-electron chi connectivity index (χ3n) is 16.8. The maximum atomic E-state index is 15.5. The van der Waals surface area contributed by atoms with Crippen molar-refractivity contribution in [3.8, 4) is 0 Å². The number of aliphatic hydroxyl groups excluding tert-OH is 1. The van der Waals surface area contributed by atoms with Gasteiger partial charge in [-0.25, -0.2) is 4.79 Å². The minimum atomic E-state index is -1.37. The molecule has 3 saturated heterocycles. The molecule has 3 fully saturated rings. The molecule has 10 atom stereocenters. The van der Waals surface area contributed by atoms with Crippen molar-refractivity contribution < 1.29 is 58.2 Å². The molecule has 31 nitrogen and oxygen atoms in total. The van der Waals surface area contributed by atoms with E-state index in [0.717, 1.165) is 0 Å². The van der Waals surface area contributed by atoms with E-state index in [4.69, 9.17) is 40.1 Å². The standard InChI is InChI=1S/C64H89N19O12S2/c65-43(19-7-23-72-62(66)67)53(86)77-44(20-8-24-73-63(68)69)57(90)80-26-10-22-48(80)59(92)83-37-40(84)33-50(83)55(88)75-36-52(85)76-47(35-42-18-12-30-97-42)58(91)82-28-27-81(60(93)51(82)32-39-15-5-2-6-16-39)49(31-38-13-3-1-4-14-38)56(89)79-46(34-41-17-11-29-96-41)54(87)78-45(61(94)95)21-9-25-74-64(70)71/h1-6,11-18,29-30,40,43-51,84H,7-10,19-28,31-37,65H2,(H,75,88)(H,76,85)(H,77,86)(H,78,87)(H,79,89)(H,94,95)(H4,66,67,72)(H4,68,69,73)(H4,70,71,74)/t40?,43-,44+,45+,46+,47+,48+,49-,50+,51-/m1/s1. The Morgan fingerprint density at radius 3 is 1.70 bits per heavy atom. The largest absolute Gasteiger partial charge is 0.480 e. The number of carboxylic acid groups (broad SMARTS) is 1. The number of thiophene rings is 2. The predicted octanol–water partition coefficient (Wildman–Crippen LogP) is -2.93. The minimum Gasteiger partial charge on any atom is -0.480 e. The number of carbonyl (C=O) groups excluding carboxylic acids is 9. The summed E-state index contributed by atoms with van der Waals surface area (Å²) in [7, 11) is 0. The second kappa shape index (κ2) is 37.0. The fourth-order valence-electron chi connectivity index (χ4n) is 12.0. The van der Waals surface area contributed by atoms with Gasteiger partial charge in [-0.15, -0.1) is 22.7 Å². The molecule has 0 saturated carbocycles. The van der Waals surface area contributed by atoms with Gasteiger partial charge in [-0.05, 0) is 85.4 Å². The number of aliphatic imine (C=N–C) groups is 3. The summed E-state index contributed by atoms with van der Waals surface area (Å²) in [5.74, 6) is -7.98. The molecule has 3 aliphatic heterocycles. The lowest BCUT2D eigenvalue weighted by atomic mass is 9.96. The number of carbonyl (C=O) groups is 10. The molecule has 9 amide bonds. The number of carboxylic acids is 1. The van der Waals surface area contributed by atoms with Crippen LogP contribution in [0.2, 0.25) is 0 Å². The van der Waals surface area contributed by atoms with E-state index in [1.54, 1.807) is 95.7 Å². The Hall–Kier alpha value is -9.73. The zero-order chi connectivity index (χ0) is 70.1. The summed E-state index contributed by atoms with van der Waals surface area (Å²) in [5.41, 5.74) is 40.3. The van der Waals surface area contributed by atoms with E-state index in [9.17, 15) is 43.8 Å². The quantitative estimate of drug-likeness (QED) is 0.0125. The SMILES string of the molecule is NC(N)=NCCC[C@@H](N)C(=O)N[C@@H](CCCN=C(N)N)C(=O)N1CCC[C@H]1C(=O)N1CC(O)C[C@H]1C(=O)NCC(=O)N[C@@H](Cc1cccs1)C(=O)N1CCN([C@H](Cc2ccccc2)C(=O)N[C@@H](Cc2cccs2)C(=O)N[C@@H](CCCN=C(N)N)C(=O)O)C(=O)[C@H]1Cc1ccccc1. The highest BCUT2D eigenvalue weighted by molar-refractivity contribution is 7.10. The number of hydrogen-bond acceptors (Lipinski definition) is 17. The van der Waals surface area contributed by atoms with Crippen LogP contribution in [-0.2, 0) is 73.6 Å². The van der Waals surface area contributed by atoms with Crippen molar-refractivity contribution in [2.75, 3.05) is 52.4 Å². The lowest BCUT2D eigenvalue weighted by molar-refractivity contribution is -0.157. The first-order chi connectivity index (χ1) is 46.5. The number of β-amino-alcohol motifs (C(OH)–C–C–N with tert-alkyl or cyclic N) is 1. The fraction of sp³-hybridized carbons (Fsp3) is 0.484. The molecule has 1 unspecified atom stereocenters. The number of aliphatic carboxylic acids is 1. The number of hydrogen-bond donors (Lipinski definition) is 14. The molecular formula is C64H89N19O12S2. The average molecular weight is 1380 g/mol. The van der Waals surface area contributed by atoms with Gasteiger partial charge in [0, 0.05) is 87.7 Å². The summed E-state index contributed by atoms with van der Waals surface area (Å²) in [6.45, 7) is -0.674. The van der Waals surface area contributed by atoms with Crippen LogP contribution in [0, 0.1) is 0 Å². The molecule has 7 rings (SSSR count). The molecule has 21 N–H and O–H groups in total. The second-order valence-electron chi connectivity index (χ2n) is 23.9. The third kappa shape index (κ3) is 22.4. The van der Waals surface area contributed by atoms with E-state index in [1.807, 2.05) is 0 Å². The van der Waals surface area contributed by atoms with Crippen molar-refractivity contribution in [2.24, 2.45) is 55.1 Å². The summed E-state index contributed by atoms with van der Waals surface area (Å²) in [5, 5.41) is 38.2. The van der Waals surface area contributed by atoms with E-state index in [2.05, 4.69) is 41.6 Å². The zero-order valence-electron chi connectivity index (χ0n) is 53.8. The number of nitrogens with one attached hydrogen (secondary N) is 5. The van der Waals surface area contributed by atoms with Crippen molar-refractivity contribution in [1.82, 2.24) is 46.2 Å². The highest BCUT2D eigenvalue weighted by Crippen LogP contribution is 2.28. The summed E-state index contributed by atoms with van der Waals surface area (Å²) < 4.78 is 0. The molecule has 0 bridgehead atoms. The first kappa shape index (κ1) is 74.7. The van der Waals surface area contributed by atoms with E-state index >= 15 is 14.4 Å². The molecular weight excluding hydrogens is 1290 g/mol. The van der Waals surface area contributed by atoms with E-state index in [-0.39, 0.29) is 134 Å². The summed E-state index contributed by atoms with van der Waals surface area (Å²) in [6.07, 6.45) is 0.200. The second-order valence-corrected chi connectivity index (χ2v) is 26.0. The lowest BCUT2D eigenvalue weighted by Crippen LogP contribution is -2.67. The highest BCUT2D eigenvalue weighted by atomic mass is 32.1. The topological polar surface area (TPSA) is 503 Å². The lowest BCUT2D eigenvalue weighted by Gasteiger charge is -2.44. The number of piperazine rings is 1. The molecule has 4 aromatic rings. The number of likely N-dealkylation sites (tertiary alicyclic amines) is 2. The van der Waals surface area contributed by atoms with E-state index in [1.165, 1.54) is 42.3 Å². The number of benzene rings is 2. The van der Waals surface area contributed by atoms with Crippen LogP contribution in [0.25, 0.3) is 0 Å². The first-order valence-electron chi connectivity index (χ1n) is 32.1. The summed E-state index contributed by atoms with van der Waals surface area (Å²) >= 11 is 2.65. The molecule has 0 spiro atoms. The molecule has 0 radical (unpaired) electrons. The molecule has 2 aromatic heterocycles. The Labute approximate surface area is 569 Å². The predicted molar refractivity (Wildman–Crippen MR) is 364 cm³/mol.